The molecule has 0 atom stereocenters. The number of rotatable bonds is 4. The van der Waals surface area contributed by atoms with Gasteiger partial charge < -0.3 is 24.4 Å². The van der Waals surface area contributed by atoms with Gasteiger partial charge in [-0.1, -0.05) is 18.2 Å². The molecule has 0 aromatic heterocycles. The Bertz CT molecular complexity index is 1030. The van der Waals surface area contributed by atoms with E-state index in [1.807, 2.05) is 6.08 Å². The fourth-order valence-corrected chi connectivity index (χ4v) is 3.90. The van der Waals surface area contributed by atoms with Crippen LogP contribution in [0.4, 0.5) is 10.1 Å². The van der Waals surface area contributed by atoms with Gasteiger partial charge in [0.2, 0.25) is 0 Å². The molecule has 0 radical (unpaired) electrons. The van der Waals surface area contributed by atoms with E-state index in [1.54, 1.807) is 28.1 Å². The summed E-state index contributed by atoms with van der Waals surface area (Å²) in [6, 6.07) is 7.44. The molecule has 31 heavy (non-hydrogen) atoms. The van der Waals surface area contributed by atoms with Gasteiger partial charge in [-0.15, -0.1) is 0 Å². The topological polar surface area (TPSA) is 79.3 Å². The van der Waals surface area contributed by atoms with Crippen molar-refractivity contribution in [2.45, 2.75) is 13.0 Å². The number of benzene rings is 2. The summed E-state index contributed by atoms with van der Waals surface area (Å²) in [5.41, 5.74) is 2.10. The third-order valence-corrected chi connectivity index (χ3v) is 5.47. The fourth-order valence-electron chi connectivity index (χ4n) is 3.90. The number of morpholine rings is 1. The van der Waals surface area contributed by atoms with Crippen LogP contribution in [0.5, 0.6) is 5.75 Å². The lowest BCUT2D eigenvalue weighted by Crippen LogP contribution is -2.41. The molecule has 0 aliphatic carbocycles. The number of anilines is 1. The first-order valence-electron chi connectivity index (χ1n) is 10.0. The highest BCUT2D eigenvalue weighted by molar-refractivity contribution is 6.04. The van der Waals surface area contributed by atoms with Crippen LogP contribution in [-0.4, -0.2) is 55.3 Å². The summed E-state index contributed by atoms with van der Waals surface area (Å²) in [5.74, 6) is -1.53. The summed E-state index contributed by atoms with van der Waals surface area (Å²) >= 11 is 0. The number of aromatic hydroxyl groups is 1. The Morgan fingerprint density at radius 1 is 1.16 bits per heavy atom. The second-order valence-corrected chi connectivity index (χ2v) is 7.39. The second kappa shape index (κ2) is 8.77. The Balaban J connectivity index is 1.80. The SMILES string of the molecule is COC(=O)c1cc(C(=O)N2CCOCC2)c2c(c1O)N(Cc1ccc(F)cc1)C=CC2. The van der Waals surface area contributed by atoms with Crippen LogP contribution in [0.15, 0.2) is 42.6 Å². The molecule has 162 valence electrons. The quantitative estimate of drug-likeness (QED) is 0.758. The van der Waals surface area contributed by atoms with Crippen LogP contribution in [0.25, 0.3) is 0 Å². The third kappa shape index (κ3) is 4.11. The van der Waals surface area contributed by atoms with E-state index < -0.39 is 5.97 Å². The maximum Gasteiger partial charge on any atom is 0.341 e. The number of phenolic OH excluding ortho intramolecular Hbond substituents is 1. The summed E-state index contributed by atoms with van der Waals surface area (Å²) in [6.07, 6.45) is 4.10. The zero-order chi connectivity index (χ0) is 22.0. The number of allylic oxidation sites excluding steroid dienone is 1. The van der Waals surface area contributed by atoms with Gasteiger partial charge in [-0.05, 0) is 35.7 Å². The number of ether oxygens (including phenoxy) is 2. The number of hydrogen-bond donors (Lipinski definition) is 1. The average Bonchev–Trinajstić information content (AvgIpc) is 2.80. The zero-order valence-electron chi connectivity index (χ0n) is 17.1. The minimum Gasteiger partial charge on any atom is -0.505 e. The predicted octanol–water partition coefficient (Wildman–Crippen LogP) is 2.87. The highest BCUT2D eigenvalue weighted by atomic mass is 19.1. The molecule has 7 nitrogen and oxygen atoms in total. The highest BCUT2D eigenvalue weighted by Crippen LogP contribution is 2.41. The molecule has 1 amide bonds. The minimum atomic E-state index is -0.729. The van der Waals surface area contributed by atoms with Gasteiger partial charge in [0, 0.05) is 31.4 Å². The molecular formula is C23H23FN2O5. The molecule has 1 N–H and O–H groups in total. The first kappa shape index (κ1) is 20.9. The van der Waals surface area contributed by atoms with Crippen molar-refractivity contribution in [1.29, 1.82) is 0 Å². The number of hydrogen-bond acceptors (Lipinski definition) is 6. The molecule has 8 heteroatoms. The van der Waals surface area contributed by atoms with Crippen molar-refractivity contribution in [2.75, 3.05) is 38.3 Å². The van der Waals surface area contributed by atoms with E-state index in [9.17, 15) is 19.1 Å². The lowest BCUT2D eigenvalue weighted by Gasteiger charge is -2.32. The van der Waals surface area contributed by atoms with Crippen molar-refractivity contribution >= 4 is 17.6 Å². The number of carbonyl (C=O) groups is 2. The largest absolute Gasteiger partial charge is 0.505 e. The molecule has 0 bridgehead atoms. The van der Waals surface area contributed by atoms with Gasteiger partial charge in [0.25, 0.3) is 5.91 Å². The standard InChI is InChI=1S/C23H23FN2O5/c1-30-23(29)19-13-18(22(28)25-9-11-31-12-10-25)17-3-2-8-26(20(17)21(19)27)14-15-4-6-16(24)7-5-15/h2,4-8,13,27H,3,9-12,14H2,1H3. The van der Waals surface area contributed by atoms with E-state index in [4.69, 9.17) is 9.47 Å². The van der Waals surface area contributed by atoms with Gasteiger partial charge in [0.1, 0.15) is 11.4 Å². The van der Waals surface area contributed by atoms with Gasteiger partial charge in [-0.25, -0.2) is 9.18 Å². The van der Waals surface area contributed by atoms with Gasteiger partial charge in [-0.2, -0.15) is 0 Å². The molecule has 2 aromatic carbocycles. The van der Waals surface area contributed by atoms with Gasteiger partial charge in [0.05, 0.1) is 26.0 Å². The Hall–Kier alpha value is -3.39. The fraction of sp³-hybridized carbons (Fsp3) is 0.304. The van der Waals surface area contributed by atoms with Crippen LogP contribution >= 0.6 is 0 Å². The third-order valence-electron chi connectivity index (χ3n) is 5.47. The normalized spacial score (nSPS) is 15.5. The van der Waals surface area contributed by atoms with E-state index in [0.29, 0.717) is 56.1 Å². The molecular weight excluding hydrogens is 403 g/mol. The summed E-state index contributed by atoms with van der Waals surface area (Å²) < 4.78 is 23.5. The maximum atomic E-state index is 13.3. The van der Waals surface area contributed by atoms with Gasteiger partial charge >= 0.3 is 5.97 Å². The molecule has 2 aromatic rings. The first-order chi connectivity index (χ1) is 15.0. The molecule has 4 rings (SSSR count). The van der Waals surface area contributed by atoms with Crippen molar-refractivity contribution in [3.05, 3.63) is 70.7 Å². The van der Waals surface area contributed by atoms with Crippen LogP contribution in [0, 0.1) is 5.82 Å². The van der Waals surface area contributed by atoms with E-state index in [2.05, 4.69) is 0 Å². The van der Waals surface area contributed by atoms with Crippen molar-refractivity contribution in [3.63, 3.8) is 0 Å². The number of fused-ring (bicyclic) bond motifs is 1. The van der Waals surface area contributed by atoms with Crippen LogP contribution in [-0.2, 0) is 22.4 Å². The minimum absolute atomic E-state index is 0.0720. The molecule has 2 aliphatic rings. The molecule has 0 spiro atoms. The Morgan fingerprint density at radius 3 is 2.55 bits per heavy atom. The summed E-state index contributed by atoms with van der Waals surface area (Å²) in [4.78, 5) is 29.1. The number of esters is 1. The summed E-state index contributed by atoms with van der Waals surface area (Å²) in [6.45, 7) is 2.14. The van der Waals surface area contributed by atoms with E-state index in [0.717, 1.165) is 5.56 Å². The smallest absolute Gasteiger partial charge is 0.341 e. The monoisotopic (exact) mass is 426 g/mol. The molecule has 1 fully saturated rings. The first-order valence-corrected chi connectivity index (χ1v) is 10.0. The average molecular weight is 426 g/mol. The maximum absolute atomic E-state index is 13.3. The second-order valence-electron chi connectivity index (χ2n) is 7.39. The van der Waals surface area contributed by atoms with Crippen molar-refractivity contribution < 1.29 is 28.6 Å². The van der Waals surface area contributed by atoms with Crippen LogP contribution in [0.1, 0.15) is 31.8 Å². The molecule has 2 aliphatic heterocycles. The molecule has 1 saturated heterocycles. The lowest BCUT2D eigenvalue weighted by molar-refractivity contribution is 0.0302. The predicted molar refractivity (Wildman–Crippen MR) is 112 cm³/mol. The van der Waals surface area contributed by atoms with E-state index in [1.165, 1.54) is 25.3 Å². The van der Waals surface area contributed by atoms with Crippen molar-refractivity contribution in [3.8, 4) is 5.75 Å². The number of nitrogens with zero attached hydrogens (tertiary/aromatic N) is 2. The molecule has 0 saturated carbocycles. The Labute approximate surface area is 179 Å². The number of amides is 1. The van der Waals surface area contributed by atoms with Crippen molar-refractivity contribution in [2.24, 2.45) is 0 Å². The summed E-state index contributed by atoms with van der Waals surface area (Å²) in [5, 5.41) is 11.0. The Kier molecular flexibility index (Phi) is 5.90. The summed E-state index contributed by atoms with van der Waals surface area (Å²) in [7, 11) is 1.22. The van der Waals surface area contributed by atoms with Gasteiger partial charge in [0.15, 0.2) is 5.75 Å². The Morgan fingerprint density at radius 2 is 1.87 bits per heavy atom. The highest BCUT2D eigenvalue weighted by Gasteiger charge is 2.31. The lowest BCUT2D eigenvalue weighted by atomic mass is 9.93. The van der Waals surface area contributed by atoms with Crippen LogP contribution < -0.4 is 4.90 Å². The number of carbonyl (C=O) groups excluding carboxylic acids is 2. The number of methoxy groups -OCH3 is 1. The van der Waals surface area contributed by atoms with Crippen LogP contribution in [0.2, 0.25) is 0 Å². The van der Waals surface area contributed by atoms with Crippen LogP contribution in [0.3, 0.4) is 0 Å². The van der Waals surface area contributed by atoms with E-state index in [-0.39, 0.29) is 23.0 Å². The number of halogens is 1. The van der Waals surface area contributed by atoms with E-state index >= 15 is 0 Å². The molecule has 0 unspecified atom stereocenters. The number of phenols is 1. The van der Waals surface area contributed by atoms with Gasteiger partial charge in [-0.3, -0.25) is 4.79 Å². The zero-order valence-corrected chi connectivity index (χ0v) is 17.1. The molecule has 2 heterocycles. The van der Waals surface area contributed by atoms with Crippen molar-refractivity contribution in [1.82, 2.24) is 4.90 Å².